The average molecular weight is 261 g/mol. The van der Waals surface area contributed by atoms with Crippen LogP contribution in [0, 0.1) is 13.8 Å². The lowest BCUT2D eigenvalue weighted by atomic mass is 9.75. The van der Waals surface area contributed by atoms with Gasteiger partial charge in [-0.05, 0) is 64.1 Å². The van der Waals surface area contributed by atoms with Gasteiger partial charge in [0.15, 0.2) is 0 Å². The highest BCUT2D eigenvalue weighted by atomic mass is 16.5. The zero-order valence-electron chi connectivity index (χ0n) is 12.8. The number of hydrogen-bond acceptors (Lipinski definition) is 2. The molecule has 2 heteroatoms. The third kappa shape index (κ3) is 3.37. The van der Waals surface area contributed by atoms with E-state index in [9.17, 15) is 0 Å². The summed E-state index contributed by atoms with van der Waals surface area (Å²) >= 11 is 0. The Morgan fingerprint density at radius 3 is 2.58 bits per heavy atom. The Bertz CT molecular complexity index is 418. The molecule has 1 atom stereocenters. The Kier molecular flexibility index (Phi) is 4.64. The fourth-order valence-corrected chi connectivity index (χ4v) is 3.07. The molecule has 0 radical (unpaired) electrons. The molecule has 1 fully saturated rings. The Hall–Kier alpha value is -0.860. The molecule has 0 aliphatic heterocycles. The summed E-state index contributed by atoms with van der Waals surface area (Å²) in [4.78, 5) is 0. The van der Waals surface area contributed by atoms with Crippen LogP contribution < -0.4 is 5.32 Å². The SMILES string of the molecule is CNC(Cc1cc(C)ccc1C)CC1(OC)CCC1. The number of methoxy groups -OCH3 is 1. The van der Waals surface area contributed by atoms with Crippen molar-refractivity contribution in [2.75, 3.05) is 14.2 Å². The van der Waals surface area contributed by atoms with Crippen LogP contribution in [0.25, 0.3) is 0 Å². The third-order valence-corrected chi connectivity index (χ3v) is 4.70. The van der Waals surface area contributed by atoms with Gasteiger partial charge < -0.3 is 10.1 Å². The van der Waals surface area contributed by atoms with E-state index in [1.807, 2.05) is 7.11 Å². The van der Waals surface area contributed by atoms with Gasteiger partial charge in [0.05, 0.1) is 5.60 Å². The van der Waals surface area contributed by atoms with E-state index in [1.165, 1.54) is 36.0 Å². The van der Waals surface area contributed by atoms with Gasteiger partial charge in [-0.25, -0.2) is 0 Å². The summed E-state index contributed by atoms with van der Waals surface area (Å²) in [7, 11) is 3.93. The van der Waals surface area contributed by atoms with Crippen molar-refractivity contribution in [1.29, 1.82) is 0 Å². The Labute approximate surface area is 117 Å². The van der Waals surface area contributed by atoms with Crippen molar-refractivity contribution in [3.8, 4) is 0 Å². The molecule has 19 heavy (non-hydrogen) atoms. The molecule has 1 saturated carbocycles. The summed E-state index contributed by atoms with van der Waals surface area (Å²) in [6.45, 7) is 4.37. The monoisotopic (exact) mass is 261 g/mol. The second-order valence-electron chi connectivity index (χ2n) is 6.06. The Morgan fingerprint density at radius 2 is 2.05 bits per heavy atom. The van der Waals surface area contributed by atoms with Crippen LogP contribution in [-0.4, -0.2) is 25.8 Å². The van der Waals surface area contributed by atoms with Gasteiger partial charge in [-0.3, -0.25) is 0 Å². The number of nitrogens with one attached hydrogen (secondary N) is 1. The summed E-state index contributed by atoms with van der Waals surface area (Å²) in [5.74, 6) is 0. The maximum absolute atomic E-state index is 5.76. The molecule has 0 spiro atoms. The van der Waals surface area contributed by atoms with Crippen molar-refractivity contribution < 1.29 is 4.74 Å². The van der Waals surface area contributed by atoms with Crippen LogP contribution in [0.2, 0.25) is 0 Å². The molecule has 1 aromatic rings. The zero-order valence-corrected chi connectivity index (χ0v) is 12.8. The quantitative estimate of drug-likeness (QED) is 0.847. The lowest BCUT2D eigenvalue weighted by Gasteiger charge is -2.43. The molecule has 1 unspecified atom stereocenters. The largest absolute Gasteiger partial charge is 0.378 e. The second kappa shape index (κ2) is 6.06. The van der Waals surface area contributed by atoms with E-state index < -0.39 is 0 Å². The molecule has 1 aliphatic rings. The summed E-state index contributed by atoms with van der Waals surface area (Å²) in [6.07, 6.45) is 5.96. The molecule has 0 saturated heterocycles. The highest BCUT2D eigenvalue weighted by molar-refractivity contribution is 5.31. The molecule has 1 aliphatic carbocycles. The van der Waals surface area contributed by atoms with Gasteiger partial charge in [0.1, 0.15) is 0 Å². The van der Waals surface area contributed by atoms with E-state index in [4.69, 9.17) is 4.74 Å². The van der Waals surface area contributed by atoms with E-state index in [0.717, 1.165) is 12.8 Å². The second-order valence-corrected chi connectivity index (χ2v) is 6.06. The van der Waals surface area contributed by atoms with Gasteiger partial charge in [-0.2, -0.15) is 0 Å². The van der Waals surface area contributed by atoms with Crippen molar-refractivity contribution in [2.45, 2.75) is 57.6 Å². The first-order valence-corrected chi connectivity index (χ1v) is 7.37. The molecule has 2 nitrogen and oxygen atoms in total. The predicted octanol–water partition coefficient (Wildman–Crippen LogP) is 3.39. The third-order valence-electron chi connectivity index (χ3n) is 4.70. The van der Waals surface area contributed by atoms with Crippen LogP contribution in [0.3, 0.4) is 0 Å². The number of aryl methyl sites for hydroxylation is 2. The lowest BCUT2D eigenvalue weighted by Crippen LogP contribution is -2.45. The average Bonchev–Trinajstić information content (AvgIpc) is 2.36. The van der Waals surface area contributed by atoms with E-state index in [2.05, 4.69) is 44.4 Å². The van der Waals surface area contributed by atoms with Gasteiger partial charge in [0, 0.05) is 13.2 Å². The van der Waals surface area contributed by atoms with Crippen molar-refractivity contribution in [3.63, 3.8) is 0 Å². The first-order valence-electron chi connectivity index (χ1n) is 7.37. The molecular weight excluding hydrogens is 234 g/mol. The molecule has 0 heterocycles. The van der Waals surface area contributed by atoms with E-state index in [1.54, 1.807) is 0 Å². The van der Waals surface area contributed by atoms with E-state index in [0.29, 0.717) is 6.04 Å². The lowest BCUT2D eigenvalue weighted by molar-refractivity contribution is -0.0830. The van der Waals surface area contributed by atoms with Gasteiger partial charge in [0.2, 0.25) is 0 Å². The van der Waals surface area contributed by atoms with Crippen molar-refractivity contribution in [3.05, 3.63) is 34.9 Å². The highest BCUT2D eigenvalue weighted by Gasteiger charge is 2.38. The standard InChI is InChI=1S/C17H27NO/c1-13-6-7-14(2)15(10-13)11-16(18-3)12-17(19-4)8-5-9-17/h6-7,10,16,18H,5,8-9,11-12H2,1-4H3. The van der Waals surface area contributed by atoms with Crippen molar-refractivity contribution >= 4 is 0 Å². The first kappa shape index (κ1) is 14.5. The highest BCUT2D eigenvalue weighted by Crippen LogP contribution is 2.39. The topological polar surface area (TPSA) is 21.3 Å². The van der Waals surface area contributed by atoms with Gasteiger partial charge >= 0.3 is 0 Å². The minimum absolute atomic E-state index is 0.144. The smallest absolute Gasteiger partial charge is 0.0693 e. The molecule has 106 valence electrons. The molecule has 1 aromatic carbocycles. The molecule has 1 N–H and O–H groups in total. The van der Waals surface area contributed by atoms with Crippen molar-refractivity contribution in [1.82, 2.24) is 5.32 Å². The van der Waals surface area contributed by atoms with Crippen LogP contribution >= 0.6 is 0 Å². The summed E-state index contributed by atoms with van der Waals surface area (Å²) < 4.78 is 5.76. The summed E-state index contributed by atoms with van der Waals surface area (Å²) in [5, 5.41) is 3.48. The molecule has 2 rings (SSSR count). The molecule has 0 amide bonds. The van der Waals surface area contributed by atoms with Crippen LogP contribution in [0.1, 0.15) is 42.4 Å². The number of hydrogen-bond donors (Lipinski definition) is 1. The number of ether oxygens (including phenoxy) is 1. The van der Waals surface area contributed by atoms with Crippen molar-refractivity contribution in [2.24, 2.45) is 0 Å². The van der Waals surface area contributed by atoms with Crippen LogP contribution in [-0.2, 0) is 11.2 Å². The maximum atomic E-state index is 5.76. The normalized spacial score (nSPS) is 18.9. The van der Waals surface area contributed by atoms with E-state index >= 15 is 0 Å². The maximum Gasteiger partial charge on any atom is 0.0693 e. The molecule has 0 aromatic heterocycles. The predicted molar refractivity (Wildman–Crippen MR) is 80.7 cm³/mol. The zero-order chi connectivity index (χ0) is 13.9. The fraction of sp³-hybridized carbons (Fsp3) is 0.647. The van der Waals surface area contributed by atoms with Gasteiger partial charge in [0.25, 0.3) is 0 Å². The van der Waals surface area contributed by atoms with Crippen LogP contribution in [0.5, 0.6) is 0 Å². The fourth-order valence-electron chi connectivity index (χ4n) is 3.07. The van der Waals surface area contributed by atoms with Gasteiger partial charge in [-0.15, -0.1) is 0 Å². The summed E-state index contributed by atoms with van der Waals surface area (Å²) in [6, 6.07) is 7.24. The Balaban J connectivity index is 2.04. The van der Waals surface area contributed by atoms with Gasteiger partial charge in [-0.1, -0.05) is 23.8 Å². The first-order chi connectivity index (χ1) is 9.08. The minimum atomic E-state index is 0.144. The van der Waals surface area contributed by atoms with E-state index in [-0.39, 0.29) is 5.60 Å². The minimum Gasteiger partial charge on any atom is -0.378 e. The number of likely N-dealkylation sites (N-methyl/N-ethyl adjacent to an activating group) is 1. The number of rotatable bonds is 6. The molecular formula is C17H27NO. The summed E-state index contributed by atoms with van der Waals surface area (Å²) in [5.41, 5.74) is 4.35. The molecule has 0 bridgehead atoms. The Morgan fingerprint density at radius 1 is 1.32 bits per heavy atom. The van der Waals surface area contributed by atoms with Crippen LogP contribution in [0.15, 0.2) is 18.2 Å². The van der Waals surface area contributed by atoms with Crippen LogP contribution in [0.4, 0.5) is 0 Å². The number of benzene rings is 1.